The molecule has 2 atom stereocenters. The van der Waals surface area contributed by atoms with Crippen LogP contribution in [0.1, 0.15) is 34.1 Å². The molecule has 0 fully saturated rings. The highest BCUT2D eigenvalue weighted by atomic mass is 79.9. The molecule has 62 valence electrons. The quantitative estimate of drug-likeness (QED) is 0.509. The molecular formula is C8H19BrSi. The zero-order valence-electron chi connectivity index (χ0n) is 7.74. The van der Waals surface area contributed by atoms with Crippen LogP contribution in [-0.2, 0) is 0 Å². The molecule has 2 unspecified atom stereocenters. The van der Waals surface area contributed by atoms with Crippen LogP contribution >= 0.6 is 15.9 Å². The number of hydrogen-bond acceptors (Lipinski definition) is 0. The Bertz CT molecular complexity index is 95.9. The standard InChI is InChI=1S/C8H19BrSi/c1-5-6(2)7(9)8(3,4)10/h6-7H,5H2,1-4,10H3. The van der Waals surface area contributed by atoms with E-state index in [1.807, 2.05) is 0 Å². The molecule has 0 saturated heterocycles. The lowest BCUT2D eigenvalue weighted by Crippen LogP contribution is -2.23. The normalized spacial score (nSPS) is 18.9. The van der Waals surface area contributed by atoms with Crippen molar-refractivity contribution in [2.45, 2.75) is 44.0 Å². The molecule has 0 N–H and O–H groups in total. The lowest BCUT2D eigenvalue weighted by molar-refractivity contribution is 0.466. The SMILES string of the molecule is CCC(C)C(Br)C(C)(C)[SiH3]. The van der Waals surface area contributed by atoms with E-state index >= 15 is 0 Å². The van der Waals surface area contributed by atoms with Crippen LogP contribution in [0.4, 0.5) is 0 Å². The third-order valence-corrected chi connectivity index (χ3v) is 5.71. The molecule has 0 bridgehead atoms. The average molecular weight is 223 g/mol. The second-order valence-corrected chi connectivity index (χ2v) is 7.72. The van der Waals surface area contributed by atoms with Gasteiger partial charge in [-0.3, -0.25) is 0 Å². The van der Waals surface area contributed by atoms with Gasteiger partial charge in [-0.2, -0.15) is 0 Å². The van der Waals surface area contributed by atoms with Crippen LogP contribution in [0.15, 0.2) is 0 Å². The summed E-state index contributed by atoms with van der Waals surface area (Å²) in [6.45, 7) is 9.25. The summed E-state index contributed by atoms with van der Waals surface area (Å²) in [5, 5.41) is 0.537. The highest BCUT2D eigenvalue weighted by Gasteiger charge is 2.25. The molecule has 0 amide bonds. The van der Waals surface area contributed by atoms with E-state index in [-0.39, 0.29) is 0 Å². The fraction of sp³-hybridized carbons (Fsp3) is 1.00. The van der Waals surface area contributed by atoms with Gasteiger partial charge in [-0.15, -0.1) is 0 Å². The molecule has 0 aliphatic heterocycles. The van der Waals surface area contributed by atoms with E-state index in [2.05, 4.69) is 43.6 Å². The molecule has 0 aliphatic rings. The average Bonchev–Trinajstić information content (AvgIpc) is 1.83. The van der Waals surface area contributed by atoms with E-state index in [0.717, 1.165) is 5.92 Å². The Labute approximate surface area is 76.3 Å². The Morgan fingerprint density at radius 3 is 2.00 bits per heavy atom. The summed E-state index contributed by atoms with van der Waals surface area (Å²) in [5.41, 5.74) is 0. The van der Waals surface area contributed by atoms with E-state index < -0.39 is 0 Å². The molecule has 2 heteroatoms. The molecule has 0 nitrogen and oxygen atoms in total. The minimum absolute atomic E-state index is 0.537. The topological polar surface area (TPSA) is 0 Å². The van der Waals surface area contributed by atoms with Crippen molar-refractivity contribution in [2.75, 3.05) is 0 Å². The Kier molecular flexibility index (Phi) is 4.18. The smallest absolute Gasteiger partial charge is 0.0189 e. The fourth-order valence-electron chi connectivity index (χ4n) is 1.06. The Balaban J connectivity index is 3.94. The maximum Gasteiger partial charge on any atom is 0.0189 e. The molecule has 0 spiro atoms. The largest absolute Gasteiger partial charge is 0.0885 e. The second-order valence-electron chi connectivity index (χ2n) is 4.15. The van der Waals surface area contributed by atoms with E-state index in [1.54, 1.807) is 0 Å². The van der Waals surface area contributed by atoms with E-state index in [0.29, 0.717) is 9.87 Å². The molecule has 0 aliphatic carbocycles. The molecular weight excluding hydrogens is 204 g/mol. The molecule has 0 rings (SSSR count). The number of halogens is 1. The minimum atomic E-state index is 0.537. The van der Waals surface area contributed by atoms with Crippen LogP contribution in [0.3, 0.4) is 0 Å². The van der Waals surface area contributed by atoms with E-state index in [9.17, 15) is 0 Å². The summed E-state index contributed by atoms with van der Waals surface area (Å²) in [6, 6.07) is 0. The summed E-state index contributed by atoms with van der Waals surface area (Å²) in [7, 11) is 1.27. The summed E-state index contributed by atoms with van der Waals surface area (Å²) in [5.74, 6) is 0.812. The van der Waals surface area contributed by atoms with Gasteiger partial charge < -0.3 is 0 Å². The highest BCUT2D eigenvalue weighted by Crippen LogP contribution is 2.36. The van der Waals surface area contributed by atoms with Crippen molar-refractivity contribution < 1.29 is 0 Å². The van der Waals surface area contributed by atoms with Crippen LogP contribution in [0.25, 0.3) is 0 Å². The molecule has 0 aromatic heterocycles. The first-order valence-corrected chi connectivity index (χ1v) is 5.95. The van der Waals surface area contributed by atoms with Gasteiger partial charge in [0.05, 0.1) is 0 Å². The Morgan fingerprint density at radius 2 is 1.90 bits per heavy atom. The van der Waals surface area contributed by atoms with Crippen LogP contribution < -0.4 is 0 Å². The summed E-state index contributed by atoms with van der Waals surface area (Å²) in [6.07, 6.45) is 1.28. The second kappa shape index (κ2) is 3.91. The van der Waals surface area contributed by atoms with Crippen molar-refractivity contribution in [1.29, 1.82) is 0 Å². The number of rotatable bonds is 3. The van der Waals surface area contributed by atoms with Crippen molar-refractivity contribution in [2.24, 2.45) is 5.92 Å². The van der Waals surface area contributed by atoms with Gasteiger partial charge in [0.2, 0.25) is 0 Å². The van der Waals surface area contributed by atoms with Crippen molar-refractivity contribution in [3.05, 3.63) is 0 Å². The van der Waals surface area contributed by atoms with Gasteiger partial charge in [-0.05, 0) is 11.0 Å². The molecule has 0 heterocycles. The third kappa shape index (κ3) is 3.20. The third-order valence-electron chi connectivity index (χ3n) is 1.97. The first-order valence-electron chi connectivity index (χ1n) is 4.03. The fourth-order valence-corrected chi connectivity index (χ4v) is 2.00. The van der Waals surface area contributed by atoms with Crippen molar-refractivity contribution >= 4 is 26.2 Å². The molecule has 0 aromatic carbocycles. The molecule has 0 aromatic rings. The van der Waals surface area contributed by atoms with Crippen molar-refractivity contribution in [3.8, 4) is 0 Å². The van der Waals surface area contributed by atoms with Gasteiger partial charge in [0.1, 0.15) is 0 Å². The maximum absolute atomic E-state index is 3.76. The first kappa shape index (κ1) is 10.7. The van der Waals surface area contributed by atoms with Gasteiger partial charge in [-0.1, -0.05) is 50.0 Å². The van der Waals surface area contributed by atoms with Crippen LogP contribution in [0, 0.1) is 5.92 Å². The van der Waals surface area contributed by atoms with Crippen molar-refractivity contribution in [3.63, 3.8) is 0 Å². The lowest BCUT2D eigenvalue weighted by atomic mass is 9.96. The van der Waals surface area contributed by atoms with E-state index in [1.165, 1.54) is 16.7 Å². The van der Waals surface area contributed by atoms with Crippen molar-refractivity contribution in [1.82, 2.24) is 0 Å². The summed E-state index contributed by atoms with van der Waals surface area (Å²) < 4.78 is 0. The summed E-state index contributed by atoms with van der Waals surface area (Å²) in [4.78, 5) is 0.705. The van der Waals surface area contributed by atoms with E-state index in [4.69, 9.17) is 0 Å². The van der Waals surface area contributed by atoms with Crippen LogP contribution in [0.5, 0.6) is 0 Å². The van der Waals surface area contributed by atoms with Gasteiger partial charge in [0, 0.05) is 15.1 Å². The Hall–Kier alpha value is 0.697. The van der Waals surface area contributed by atoms with Gasteiger partial charge >= 0.3 is 0 Å². The predicted molar refractivity (Wildman–Crippen MR) is 56.2 cm³/mol. The van der Waals surface area contributed by atoms with Gasteiger partial charge in [-0.25, -0.2) is 0 Å². The molecule has 0 saturated carbocycles. The number of alkyl halides is 1. The predicted octanol–water partition coefficient (Wildman–Crippen LogP) is 2.36. The van der Waals surface area contributed by atoms with Gasteiger partial charge in [0.25, 0.3) is 0 Å². The van der Waals surface area contributed by atoms with Crippen LogP contribution in [0.2, 0.25) is 5.04 Å². The Morgan fingerprint density at radius 1 is 1.50 bits per heavy atom. The maximum atomic E-state index is 3.76. The summed E-state index contributed by atoms with van der Waals surface area (Å²) >= 11 is 3.76. The monoisotopic (exact) mass is 222 g/mol. The zero-order chi connectivity index (χ0) is 8.36. The molecule has 10 heavy (non-hydrogen) atoms. The van der Waals surface area contributed by atoms with Gasteiger partial charge in [0.15, 0.2) is 0 Å². The zero-order valence-corrected chi connectivity index (χ0v) is 11.3. The van der Waals surface area contributed by atoms with Crippen LogP contribution in [-0.4, -0.2) is 15.1 Å². The minimum Gasteiger partial charge on any atom is -0.0885 e. The highest BCUT2D eigenvalue weighted by molar-refractivity contribution is 9.09. The first-order chi connectivity index (χ1) is 4.39. The lowest BCUT2D eigenvalue weighted by Gasteiger charge is -2.30. The number of hydrogen-bond donors (Lipinski definition) is 0. The molecule has 0 radical (unpaired) electrons.